The highest BCUT2D eigenvalue weighted by molar-refractivity contribution is 7.90. The molecule has 0 saturated heterocycles. The van der Waals surface area contributed by atoms with Crippen LogP contribution in [0.5, 0.6) is 0 Å². The fraction of sp³-hybridized carbons (Fsp3) is 0.200. The van der Waals surface area contributed by atoms with E-state index in [2.05, 4.69) is 5.32 Å². The largest absolute Gasteiger partial charge is 0.378 e. The topological polar surface area (TPSA) is 46.2 Å². The molecule has 1 unspecified atom stereocenters. The smallest absolute Gasteiger partial charge is 0.175 e. The molecule has 1 N–H and O–H groups in total. The molecule has 21 heavy (non-hydrogen) atoms. The Labute approximate surface area is 128 Å². The van der Waals surface area contributed by atoms with Crippen LogP contribution in [0.3, 0.4) is 0 Å². The first-order valence-corrected chi connectivity index (χ1v) is 8.56. The van der Waals surface area contributed by atoms with Crippen molar-refractivity contribution in [2.75, 3.05) is 11.6 Å². The summed E-state index contributed by atoms with van der Waals surface area (Å²) >= 11 is 5.65. The molecule has 0 aliphatic heterocycles. The maximum atomic E-state index is 13.5. The molecule has 0 amide bonds. The van der Waals surface area contributed by atoms with Crippen molar-refractivity contribution < 1.29 is 12.8 Å². The van der Waals surface area contributed by atoms with Gasteiger partial charge in [-0.3, -0.25) is 0 Å². The summed E-state index contributed by atoms with van der Waals surface area (Å²) in [6, 6.07) is 10.9. The molecule has 0 aliphatic carbocycles. The van der Waals surface area contributed by atoms with Gasteiger partial charge < -0.3 is 5.32 Å². The first-order valence-electron chi connectivity index (χ1n) is 6.29. The van der Waals surface area contributed by atoms with E-state index in [4.69, 9.17) is 11.6 Å². The number of hydrogen-bond donors (Lipinski definition) is 1. The molecule has 0 heterocycles. The summed E-state index contributed by atoms with van der Waals surface area (Å²) < 4.78 is 36.5. The van der Waals surface area contributed by atoms with Gasteiger partial charge in [0.15, 0.2) is 9.84 Å². The second-order valence-corrected chi connectivity index (χ2v) is 7.26. The van der Waals surface area contributed by atoms with Crippen LogP contribution in [0.25, 0.3) is 0 Å². The van der Waals surface area contributed by atoms with Crippen LogP contribution in [0.1, 0.15) is 18.5 Å². The maximum absolute atomic E-state index is 13.5. The van der Waals surface area contributed by atoms with E-state index in [0.717, 1.165) is 11.8 Å². The average molecular weight is 328 g/mol. The van der Waals surface area contributed by atoms with Crippen LogP contribution in [0, 0.1) is 5.82 Å². The van der Waals surface area contributed by atoms with Crippen molar-refractivity contribution in [2.45, 2.75) is 17.9 Å². The highest BCUT2D eigenvalue weighted by Gasteiger charge is 2.11. The molecule has 0 saturated carbocycles. The van der Waals surface area contributed by atoms with E-state index in [1.54, 1.807) is 24.3 Å². The second kappa shape index (κ2) is 6.03. The first kappa shape index (κ1) is 15.8. The highest BCUT2D eigenvalue weighted by Crippen LogP contribution is 2.24. The Kier molecular flexibility index (Phi) is 4.54. The Hall–Kier alpha value is -1.59. The van der Waals surface area contributed by atoms with E-state index in [0.29, 0.717) is 5.69 Å². The van der Waals surface area contributed by atoms with Gasteiger partial charge in [0.1, 0.15) is 5.82 Å². The predicted octanol–water partition coefficient (Wildman–Crippen LogP) is 4.06. The zero-order valence-electron chi connectivity index (χ0n) is 11.6. The number of benzene rings is 2. The van der Waals surface area contributed by atoms with Gasteiger partial charge in [0.25, 0.3) is 0 Å². The van der Waals surface area contributed by atoms with Crippen LogP contribution < -0.4 is 5.32 Å². The van der Waals surface area contributed by atoms with E-state index in [1.807, 2.05) is 6.92 Å². The fourth-order valence-corrected chi connectivity index (χ4v) is 2.72. The Morgan fingerprint density at radius 2 is 1.90 bits per heavy atom. The van der Waals surface area contributed by atoms with Gasteiger partial charge in [-0.15, -0.1) is 0 Å². The van der Waals surface area contributed by atoms with Crippen molar-refractivity contribution in [1.29, 1.82) is 0 Å². The molecule has 0 radical (unpaired) electrons. The van der Waals surface area contributed by atoms with Crippen molar-refractivity contribution in [2.24, 2.45) is 0 Å². The quantitative estimate of drug-likeness (QED) is 0.921. The van der Waals surface area contributed by atoms with Crippen LogP contribution in [-0.4, -0.2) is 14.7 Å². The summed E-state index contributed by atoms with van der Waals surface area (Å²) in [6.07, 6.45) is 1.16. The van der Waals surface area contributed by atoms with Crippen LogP contribution in [-0.2, 0) is 9.84 Å². The third kappa shape index (κ3) is 3.95. The Balaban J connectivity index is 2.23. The second-order valence-electron chi connectivity index (χ2n) is 4.84. The van der Waals surface area contributed by atoms with E-state index in [9.17, 15) is 12.8 Å². The fourth-order valence-electron chi connectivity index (χ4n) is 1.93. The minimum atomic E-state index is -3.26. The van der Waals surface area contributed by atoms with Crippen LogP contribution in [0.4, 0.5) is 10.1 Å². The molecule has 3 nitrogen and oxygen atoms in total. The number of hydrogen-bond acceptors (Lipinski definition) is 3. The molecule has 0 spiro atoms. The molecule has 0 bridgehead atoms. The van der Waals surface area contributed by atoms with Crippen molar-refractivity contribution >= 4 is 27.1 Å². The summed E-state index contributed by atoms with van der Waals surface area (Å²) in [5.41, 5.74) is 1.38. The minimum Gasteiger partial charge on any atom is -0.378 e. The van der Waals surface area contributed by atoms with Crippen LogP contribution >= 0.6 is 11.6 Å². The lowest BCUT2D eigenvalue weighted by Gasteiger charge is -2.16. The van der Waals surface area contributed by atoms with E-state index >= 15 is 0 Å². The third-order valence-corrected chi connectivity index (χ3v) is 4.51. The van der Waals surface area contributed by atoms with E-state index in [1.165, 1.54) is 18.2 Å². The highest BCUT2D eigenvalue weighted by atomic mass is 35.5. The summed E-state index contributed by atoms with van der Waals surface area (Å²) in [7, 11) is -3.26. The molecule has 2 aromatic carbocycles. The SMILES string of the molecule is CC(Nc1cccc(S(C)(=O)=O)c1)c1ccc(Cl)c(F)c1. The number of anilines is 1. The van der Waals surface area contributed by atoms with Gasteiger partial charge in [-0.25, -0.2) is 12.8 Å². The van der Waals surface area contributed by atoms with E-state index in [-0.39, 0.29) is 16.0 Å². The maximum Gasteiger partial charge on any atom is 0.175 e. The molecule has 0 fully saturated rings. The molecule has 2 aromatic rings. The zero-order valence-corrected chi connectivity index (χ0v) is 13.2. The summed E-state index contributed by atoms with van der Waals surface area (Å²) in [5.74, 6) is -0.479. The summed E-state index contributed by atoms with van der Waals surface area (Å²) in [4.78, 5) is 0.238. The number of rotatable bonds is 4. The predicted molar refractivity (Wildman–Crippen MR) is 83.0 cm³/mol. The standard InChI is InChI=1S/C15H15ClFNO2S/c1-10(11-6-7-14(16)15(17)8-11)18-12-4-3-5-13(9-12)21(2,19)20/h3-10,18H,1-2H3. The van der Waals surface area contributed by atoms with Crippen LogP contribution in [0.2, 0.25) is 5.02 Å². The van der Waals surface area contributed by atoms with Crippen LogP contribution in [0.15, 0.2) is 47.4 Å². The average Bonchev–Trinajstić information content (AvgIpc) is 2.41. The molecule has 1 atom stereocenters. The molecule has 112 valence electrons. The van der Waals surface area contributed by atoms with Gasteiger partial charge in [0, 0.05) is 18.0 Å². The molecule has 0 aliphatic rings. The Morgan fingerprint density at radius 1 is 1.19 bits per heavy atom. The Bertz CT molecular complexity index is 762. The monoisotopic (exact) mass is 327 g/mol. The summed E-state index contributed by atoms with van der Waals surface area (Å²) in [5, 5.41) is 3.22. The van der Waals surface area contributed by atoms with Gasteiger partial charge >= 0.3 is 0 Å². The lowest BCUT2D eigenvalue weighted by molar-refractivity contribution is 0.602. The molecular formula is C15H15ClFNO2S. The first-order chi connectivity index (χ1) is 9.77. The van der Waals surface area contributed by atoms with Crippen molar-refractivity contribution in [1.82, 2.24) is 0 Å². The van der Waals surface area contributed by atoms with Gasteiger partial charge in [-0.1, -0.05) is 23.7 Å². The lowest BCUT2D eigenvalue weighted by Crippen LogP contribution is -2.07. The van der Waals surface area contributed by atoms with Gasteiger partial charge in [-0.2, -0.15) is 0 Å². The molecule has 0 aromatic heterocycles. The van der Waals surface area contributed by atoms with Crippen molar-refractivity contribution in [3.8, 4) is 0 Å². The molecular weight excluding hydrogens is 313 g/mol. The Morgan fingerprint density at radius 3 is 2.52 bits per heavy atom. The van der Waals surface area contributed by atoms with E-state index < -0.39 is 15.7 Å². The molecule has 6 heteroatoms. The van der Waals surface area contributed by atoms with Crippen molar-refractivity contribution in [3.05, 3.63) is 58.9 Å². The number of halogens is 2. The third-order valence-electron chi connectivity index (χ3n) is 3.09. The normalized spacial score (nSPS) is 13.0. The van der Waals surface area contributed by atoms with Gasteiger partial charge in [0.2, 0.25) is 0 Å². The minimum absolute atomic E-state index is 0.0741. The number of nitrogens with one attached hydrogen (secondary N) is 1. The summed E-state index contributed by atoms with van der Waals surface area (Å²) in [6.45, 7) is 1.86. The van der Waals surface area contributed by atoms with Gasteiger partial charge in [-0.05, 0) is 42.8 Å². The van der Waals surface area contributed by atoms with Crippen molar-refractivity contribution in [3.63, 3.8) is 0 Å². The van der Waals surface area contributed by atoms with Gasteiger partial charge in [0.05, 0.1) is 9.92 Å². The lowest BCUT2D eigenvalue weighted by atomic mass is 10.1. The molecule has 2 rings (SSSR count). The zero-order chi connectivity index (χ0) is 15.6. The number of sulfone groups is 1.